The molecule has 0 spiro atoms. The summed E-state index contributed by atoms with van der Waals surface area (Å²) in [7, 11) is 0. The highest BCUT2D eigenvalue weighted by molar-refractivity contribution is 5.92. The summed E-state index contributed by atoms with van der Waals surface area (Å²) in [5.74, 6) is -0.547. The first kappa shape index (κ1) is 32.5. The fraction of sp³-hybridized carbons (Fsp3) is 0.700. The lowest BCUT2D eigenvalue weighted by Crippen LogP contribution is -2.54. The summed E-state index contributed by atoms with van der Waals surface area (Å²) in [5, 5.41) is 5.74. The van der Waals surface area contributed by atoms with E-state index in [0.29, 0.717) is 6.54 Å². The summed E-state index contributed by atoms with van der Waals surface area (Å²) in [6.45, 7) is 19.3. The van der Waals surface area contributed by atoms with Gasteiger partial charge in [0.05, 0.1) is 0 Å². The summed E-state index contributed by atoms with van der Waals surface area (Å²) in [4.78, 5) is 41.6. The first-order valence-corrected chi connectivity index (χ1v) is 13.7. The number of hydrogen-bond donors (Lipinski definition) is 2. The molecule has 7 heteroatoms. The Morgan fingerprint density at radius 2 is 1.43 bits per heavy atom. The number of unbranched alkanes of at least 4 members (excludes halogenated alkanes) is 5. The van der Waals surface area contributed by atoms with E-state index in [1.165, 1.54) is 12.8 Å². The van der Waals surface area contributed by atoms with Gasteiger partial charge in [-0.25, -0.2) is 4.79 Å². The molecule has 210 valence electrons. The van der Waals surface area contributed by atoms with Crippen LogP contribution < -0.4 is 10.6 Å². The van der Waals surface area contributed by atoms with E-state index in [0.717, 1.165) is 42.4 Å². The fourth-order valence-electron chi connectivity index (χ4n) is 4.30. The van der Waals surface area contributed by atoms with Gasteiger partial charge in [0.25, 0.3) is 0 Å². The van der Waals surface area contributed by atoms with Crippen LogP contribution >= 0.6 is 0 Å². The topological polar surface area (TPSA) is 87.7 Å². The number of aryl methyl sites for hydroxylation is 2. The second kappa shape index (κ2) is 14.4. The quantitative estimate of drug-likeness (QED) is 0.316. The number of alkyl carbamates (subject to hydrolysis) is 1. The molecule has 3 amide bonds. The average Bonchev–Trinajstić information content (AvgIpc) is 2.71. The number of ether oxygens (including phenoxy) is 1. The second-order valence-corrected chi connectivity index (χ2v) is 12.2. The van der Waals surface area contributed by atoms with Crippen molar-refractivity contribution in [2.45, 2.75) is 131 Å². The third-order valence-corrected chi connectivity index (χ3v) is 5.76. The van der Waals surface area contributed by atoms with Gasteiger partial charge in [-0.3, -0.25) is 9.59 Å². The van der Waals surface area contributed by atoms with Crippen molar-refractivity contribution in [3.05, 3.63) is 34.9 Å². The SMILES string of the molecule is CCCCCCCCN(C(=O)C(C)NC(=O)OC(C)(C)C)C(C(=O)NC(C)(C)C)c1cc(C)cc(C)c1. The highest BCUT2D eigenvalue weighted by Crippen LogP contribution is 2.26. The number of rotatable bonds is 12. The van der Waals surface area contributed by atoms with E-state index in [4.69, 9.17) is 4.74 Å². The number of carbonyl (C=O) groups is 3. The fourth-order valence-corrected chi connectivity index (χ4v) is 4.30. The molecule has 2 N–H and O–H groups in total. The van der Waals surface area contributed by atoms with Crippen LogP contribution in [0.15, 0.2) is 18.2 Å². The molecule has 0 aromatic heterocycles. The lowest BCUT2D eigenvalue weighted by Gasteiger charge is -2.35. The molecule has 1 aromatic carbocycles. The highest BCUT2D eigenvalue weighted by Gasteiger charge is 2.35. The van der Waals surface area contributed by atoms with Crippen molar-refractivity contribution >= 4 is 17.9 Å². The standard InChI is InChI=1S/C30H51N3O4/c1-11-12-13-14-15-16-17-33(27(35)23(4)31-28(36)37-30(8,9)10)25(26(34)32-29(5,6)7)24-19-21(2)18-22(3)20-24/h18-20,23,25H,11-17H2,1-10H3,(H,31,36)(H,32,34). The van der Waals surface area contributed by atoms with Crippen LogP contribution in [0.2, 0.25) is 0 Å². The van der Waals surface area contributed by atoms with Gasteiger partial charge in [0.15, 0.2) is 0 Å². The van der Waals surface area contributed by atoms with Crippen molar-refractivity contribution in [1.29, 1.82) is 0 Å². The van der Waals surface area contributed by atoms with Gasteiger partial charge in [0.2, 0.25) is 11.8 Å². The van der Waals surface area contributed by atoms with Crippen molar-refractivity contribution < 1.29 is 19.1 Å². The zero-order valence-corrected chi connectivity index (χ0v) is 24.9. The Hall–Kier alpha value is -2.57. The monoisotopic (exact) mass is 517 g/mol. The number of nitrogens with zero attached hydrogens (tertiary/aromatic N) is 1. The minimum atomic E-state index is -0.856. The van der Waals surface area contributed by atoms with Gasteiger partial charge in [-0.1, -0.05) is 68.4 Å². The molecule has 1 rings (SSSR count). The van der Waals surface area contributed by atoms with Gasteiger partial charge in [0.1, 0.15) is 17.7 Å². The zero-order chi connectivity index (χ0) is 28.4. The van der Waals surface area contributed by atoms with Crippen molar-refractivity contribution in [3.63, 3.8) is 0 Å². The Balaban J connectivity index is 3.36. The Bertz CT molecular complexity index is 879. The number of amides is 3. The molecule has 0 saturated heterocycles. The Kier molecular flexibility index (Phi) is 12.6. The summed E-state index contributed by atoms with van der Waals surface area (Å²) in [6, 6.07) is 4.31. The van der Waals surface area contributed by atoms with Gasteiger partial charge in [-0.05, 0) is 74.3 Å². The van der Waals surface area contributed by atoms with Crippen LogP contribution in [0.3, 0.4) is 0 Å². The van der Waals surface area contributed by atoms with Gasteiger partial charge >= 0.3 is 6.09 Å². The van der Waals surface area contributed by atoms with E-state index < -0.39 is 29.3 Å². The Labute approximate surface area is 225 Å². The third kappa shape index (κ3) is 12.5. The molecule has 0 bridgehead atoms. The molecule has 0 saturated carbocycles. The van der Waals surface area contributed by atoms with Gasteiger partial charge in [-0.2, -0.15) is 0 Å². The minimum absolute atomic E-state index is 0.235. The number of nitrogens with one attached hydrogen (secondary N) is 2. The molecule has 0 fully saturated rings. The summed E-state index contributed by atoms with van der Waals surface area (Å²) in [6.07, 6.45) is 5.70. The van der Waals surface area contributed by atoms with Gasteiger partial charge in [0, 0.05) is 12.1 Å². The Morgan fingerprint density at radius 1 is 0.892 bits per heavy atom. The summed E-state index contributed by atoms with van der Waals surface area (Å²) < 4.78 is 5.36. The molecule has 0 aliphatic rings. The van der Waals surface area contributed by atoms with E-state index in [9.17, 15) is 14.4 Å². The van der Waals surface area contributed by atoms with Crippen molar-refractivity contribution in [3.8, 4) is 0 Å². The molecule has 2 unspecified atom stereocenters. The maximum atomic E-state index is 13.8. The number of carbonyl (C=O) groups excluding carboxylic acids is 3. The van der Waals surface area contributed by atoms with Crippen molar-refractivity contribution in [2.24, 2.45) is 0 Å². The maximum absolute atomic E-state index is 13.8. The molecule has 0 radical (unpaired) electrons. The normalized spacial score (nSPS) is 13.5. The molecule has 1 aromatic rings. The first-order chi connectivity index (χ1) is 17.0. The van der Waals surface area contributed by atoms with Crippen LogP contribution in [-0.2, 0) is 14.3 Å². The minimum Gasteiger partial charge on any atom is -0.444 e. The highest BCUT2D eigenvalue weighted by atomic mass is 16.6. The molecular formula is C30H51N3O4. The van der Waals surface area contributed by atoms with E-state index >= 15 is 0 Å². The summed E-state index contributed by atoms with van der Waals surface area (Å²) in [5.41, 5.74) is 1.66. The number of hydrogen-bond acceptors (Lipinski definition) is 4. The van der Waals surface area contributed by atoms with Crippen LogP contribution in [0.4, 0.5) is 4.79 Å². The zero-order valence-electron chi connectivity index (χ0n) is 24.9. The summed E-state index contributed by atoms with van der Waals surface area (Å²) >= 11 is 0. The van der Waals surface area contributed by atoms with Gasteiger partial charge < -0.3 is 20.3 Å². The Morgan fingerprint density at radius 3 is 1.95 bits per heavy atom. The van der Waals surface area contributed by atoms with E-state index in [1.807, 2.05) is 46.8 Å². The second-order valence-electron chi connectivity index (χ2n) is 12.2. The molecule has 2 atom stereocenters. The largest absolute Gasteiger partial charge is 0.444 e. The first-order valence-electron chi connectivity index (χ1n) is 13.7. The van der Waals surface area contributed by atoms with Crippen LogP contribution in [0.1, 0.15) is 117 Å². The lowest BCUT2D eigenvalue weighted by molar-refractivity contribution is -0.142. The maximum Gasteiger partial charge on any atom is 0.408 e. The van der Waals surface area contributed by atoms with Crippen LogP contribution in [0.5, 0.6) is 0 Å². The predicted molar refractivity (Wildman–Crippen MR) is 150 cm³/mol. The van der Waals surface area contributed by atoms with Crippen LogP contribution in [-0.4, -0.2) is 46.5 Å². The predicted octanol–water partition coefficient (Wildman–Crippen LogP) is 6.36. The molecule has 0 heterocycles. The molecule has 0 aliphatic heterocycles. The molecular weight excluding hydrogens is 466 g/mol. The smallest absolute Gasteiger partial charge is 0.408 e. The molecule has 7 nitrogen and oxygen atoms in total. The van der Waals surface area contributed by atoms with Crippen molar-refractivity contribution in [2.75, 3.05) is 6.54 Å². The molecule has 0 aliphatic carbocycles. The van der Waals surface area contributed by atoms with Crippen molar-refractivity contribution in [1.82, 2.24) is 15.5 Å². The lowest BCUT2D eigenvalue weighted by atomic mass is 9.97. The van der Waals surface area contributed by atoms with Gasteiger partial charge in [-0.15, -0.1) is 0 Å². The van der Waals surface area contributed by atoms with Crippen LogP contribution in [0.25, 0.3) is 0 Å². The molecule has 37 heavy (non-hydrogen) atoms. The van der Waals surface area contributed by atoms with E-state index in [1.54, 1.807) is 32.6 Å². The van der Waals surface area contributed by atoms with Crippen LogP contribution in [0, 0.1) is 13.8 Å². The third-order valence-electron chi connectivity index (χ3n) is 5.76. The number of benzene rings is 1. The van der Waals surface area contributed by atoms with E-state index in [2.05, 4.69) is 23.6 Å². The average molecular weight is 518 g/mol. The van der Waals surface area contributed by atoms with E-state index in [-0.39, 0.29) is 11.8 Å².